The van der Waals surface area contributed by atoms with Crippen LogP contribution in [-0.2, 0) is 0 Å². The number of nitrogens with zero attached hydrogens (tertiary/aromatic N) is 2. The molecule has 0 atom stereocenters. The van der Waals surface area contributed by atoms with Gasteiger partial charge in [-0.2, -0.15) is 0 Å². The molecule has 2 fully saturated rings. The number of hydrogen-bond acceptors (Lipinski definition) is 3. The minimum absolute atomic E-state index is 0.0198. The third-order valence-corrected chi connectivity index (χ3v) is 4.81. The molecule has 1 N–H and O–H groups in total. The number of carbonyl (C=O) groups excluding carboxylic acids is 1. The van der Waals surface area contributed by atoms with Gasteiger partial charge in [0.1, 0.15) is 5.75 Å². The Kier molecular flexibility index (Phi) is 3.17. The summed E-state index contributed by atoms with van der Waals surface area (Å²) in [5, 5.41) is 9.71. The number of carbonyl (C=O) groups is 1. The molecule has 4 heteroatoms. The lowest BCUT2D eigenvalue weighted by atomic mass is 9.77. The summed E-state index contributed by atoms with van der Waals surface area (Å²) in [4.78, 5) is 18.0. The van der Waals surface area contributed by atoms with Crippen LogP contribution in [0.3, 0.4) is 0 Å². The van der Waals surface area contributed by atoms with Crippen LogP contribution in [0.4, 0.5) is 0 Å². The van der Waals surface area contributed by atoms with Gasteiger partial charge in [0.05, 0.1) is 11.8 Å². The molecule has 1 saturated heterocycles. The summed E-state index contributed by atoms with van der Waals surface area (Å²) < 4.78 is 0. The first-order valence-electron chi connectivity index (χ1n) is 7.13. The second-order valence-corrected chi connectivity index (χ2v) is 5.89. The highest BCUT2D eigenvalue weighted by molar-refractivity contribution is 5.96. The zero-order valence-electron chi connectivity index (χ0n) is 11.1. The van der Waals surface area contributed by atoms with Crippen LogP contribution in [0, 0.1) is 5.41 Å². The van der Waals surface area contributed by atoms with Gasteiger partial charge in [-0.15, -0.1) is 0 Å². The highest BCUT2D eigenvalue weighted by Crippen LogP contribution is 2.46. The normalized spacial score (nSPS) is 21.8. The van der Waals surface area contributed by atoms with Gasteiger partial charge in [0.15, 0.2) is 0 Å². The van der Waals surface area contributed by atoms with Crippen molar-refractivity contribution in [3.8, 4) is 5.75 Å². The lowest BCUT2D eigenvalue weighted by Gasteiger charge is -2.39. The van der Waals surface area contributed by atoms with Crippen LogP contribution in [0.1, 0.15) is 48.9 Å². The Labute approximate surface area is 113 Å². The smallest absolute Gasteiger partial charge is 0.257 e. The fraction of sp³-hybridized carbons (Fsp3) is 0.600. The summed E-state index contributed by atoms with van der Waals surface area (Å²) in [6.45, 7) is 1.64. The molecular formula is C15H20N2O2. The summed E-state index contributed by atoms with van der Waals surface area (Å²) in [7, 11) is 0. The van der Waals surface area contributed by atoms with E-state index < -0.39 is 0 Å². The van der Waals surface area contributed by atoms with Gasteiger partial charge < -0.3 is 10.0 Å². The van der Waals surface area contributed by atoms with Crippen LogP contribution < -0.4 is 0 Å². The first kappa shape index (κ1) is 12.5. The van der Waals surface area contributed by atoms with Crippen molar-refractivity contribution in [3.63, 3.8) is 0 Å². The Hall–Kier alpha value is -1.58. The van der Waals surface area contributed by atoms with E-state index in [1.54, 1.807) is 12.3 Å². The van der Waals surface area contributed by atoms with Crippen LogP contribution in [0.5, 0.6) is 5.75 Å². The van der Waals surface area contributed by atoms with Crippen LogP contribution >= 0.6 is 0 Å². The molecule has 102 valence electrons. The predicted octanol–water partition coefficient (Wildman–Crippen LogP) is 2.58. The Balaban J connectivity index is 1.68. The lowest BCUT2D eigenvalue weighted by molar-refractivity contribution is 0.0584. The maximum atomic E-state index is 12.4. The lowest BCUT2D eigenvalue weighted by Crippen LogP contribution is -2.42. The molecule has 0 unspecified atom stereocenters. The number of piperidine rings is 1. The standard InChI is InChI=1S/C15H20N2O2/c18-13-11-16-8-3-12(13)14(19)17-9-6-15(7-10-17)4-1-2-5-15/h3,8,11,18H,1-2,4-7,9-10H2. The highest BCUT2D eigenvalue weighted by Gasteiger charge is 2.38. The molecule has 1 spiro atoms. The predicted molar refractivity (Wildman–Crippen MR) is 71.9 cm³/mol. The SMILES string of the molecule is O=C(c1ccncc1O)N1CCC2(CCCC2)CC1. The number of rotatable bonds is 1. The number of amides is 1. The minimum Gasteiger partial charge on any atom is -0.505 e. The van der Waals surface area contributed by atoms with Crippen molar-refractivity contribution in [1.82, 2.24) is 9.88 Å². The van der Waals surface area contributed by atoms with E-state index in [-0.39, 0.29) is 11.7 Å². The second kappa shape index (κ2) is 4.83. The largest absolute Gasteiger partial charge is 0.505 e. The minimum atomic E-state index is -0.0623. The van der Waals surface area contributed by atoms with Crippen molar-refractivity contribution in [1.29, 1.82) is 0 Å². The summed E-state index contributed by atoms with van der Waals surface area (Å²) in [5.41, 5.74) is 0.884. The topological polar surface area (TPSA) is 53.4 Å². The van der Waals surface area contributed by atoms with Crippen molar-refractivity contribution in [2.75, 3.05) is 13.1 Å². The summed E-state index contributed by atoms with van der Waals surface area (Å²) in [6.07, 6.45) is 10.5. The van der Waals surface area contributed by atoms with E-state index >= 15 is 0 Å². The average molecular weight is 260 g/mol. The Morgan fingerprint density at radius 1 is 1.21 bits per heavy atom. The molecule has 1 aromatic heterocycles. The number of hydrogen-bond donors (Lipinski definition) is 1. The van der Waals surface area contributed by atoms with Crippen molar-refractivity contribution in [2.24, 2.45) is 5.41 Å². The van der Waals surface area contributed by atoms with Crippen molar-refractivity contribution in [3.05, 3.63) is 24.0 Å². The first-order valence-corrected chi connectivity index (χ1v) is 7.13. The van der Waals surface area contributed by atoms with Gasteiger partial charge in [-0.05, 0) is 37.2 Å². The molecule has 2 heterocycles. The fourth-order valence-corrected chi connectivity index (χ4v) is 3.55. The van der Waals surface area contributed by atoms with Gasteiger partial charge in [0.25, 0.3) is 5.91 Å². The van der Waals surface area contributed by atoms with Crippen LogP contribution in [0.25, 0.3) is 0 Å². The zero-order chi connectivity index (χ0) is 13.3. The summed E-state index contributed by atoms with van der Waals surface area (Å²) in [6, 6.07) is 1.59. The van der Waals surface area contributed by atoms with Crippen molar-refractivity contribution in [2.45, 2.75) is 38.5 Å². The molecule has 0 radical (unpaired) electrons. The quantitative estimate of drug-likeness (QED) is 0.844. The molecular weight excluding hydrogens is 240 g/mol. The molecule has 3 rings (SSSR count). The Morgan fingerprint density at radius 3 is 2.53 bits per heavy atom. The third kappa shape index (κ3) is 2.31. The van der Waals surface area contributed by atoms with E-state index in [1.807, 2.05) is 4.90 Å². The first-order chi connectivity index (χ1) is 9.20. The maximum absolute atomic E-state index is 12.4. The highest BCUT2D eigenvalue weighted by atomic mass is 16.3. The summed E-state index contributed by atoms with van der Waals surface area (Å²) in [5.74, 6) is -0.0820. The van der Waals surface area contributed by atoms with E-state index in [0.717, 1.165) is 25.9 Å². The summed E-state index contributed by atoms with van der Waals surface area (Å²) >= 11 is 0. The molecule has 4 nitrogen and oxygen atoms in total. The van der Waals surface area contributed by atoms with Gasteiger partial charge in [-0.3, -0.25) is 9.78 Å². The van der Waals surface area contributed by atoms with Gasteiger partial charge in [0.2, 0.25) is 0 Å². The van der Waals surface area contributed by atoms with Crippen LogP contribution in [0.2, 0.25) is 0 Å². The fourth-order valence-electron chi connectivity index (χ4n) is 3.55. The van der Waals surface area contributed by atoms with E-state index in [0.29, 0.717) is 11.0 Å². The van der Waals surface area contributed by atoms with Gasteiger partial charge >= 0.3 is 0 Å². The van der Waals surface area contributed by atoms with Crippen LogP contribution in [-0.4, -0.2) is 34.0 Å². The van der Waals surface area contributed by atoms with E-state index in [1.165, 1.54) is 31.9 Å². The molecule has 1 amide bonds. The van der Waals surface area contributed by atoms with Crippen molar-refractivity contribution < 1.29 is 9.90 Å². The number of likely N-dealkylation sites (tertiary alicyclic amines) is 1. The molecule has 19 heavy (non-hydrogen) atoms. The van der Waals surface area contributed by atoms with E-state index in [2.05, 4.69) is 4.98 Å². The second-order valence-electron chi connectivity index (χ2n) is 5.89. The number of aromatic nitrogens is 1. The molecule has 1 saturated carbocycles. The number of aromatic hydroxyl groups is 1. The molecule has 0 bridgehead atoms. The molecule has 0 aromatic carbocycles. The molecule has 2 aliphatic rings. The maximum Gasteiger partial charge on any atom is 0.257 e. The van der Waals surface area contributed by atoms with Crippen molar-refractivity contribution >= 4 is 5.91 Å². The molecule has 1 aliphatic carbocycles. The Bertz CT molecular complexity index is 471. The van der Waals surface area contributed by atoms with Gasteiger partial charge in [0, 0.05) is 19.3 Å². The molecule has 1 aromatic rings. The van der Waals surface area contributed by atoms with E-state index in [9.17, 15) is 9.90 Å². The monoisotopic (exact) mass is 260 g/mol. The zero-order valence-corrected chi connectivity index (χ0v) is 11.1. The number of pyridine rings is 1. The van der Waals surface area contributed by atoms with Crippen LogP contribution in [0.15, 0.2) is 18.5 Å². The van der Waals surface area contributed by atoms with Gasteiger partial charge in [-0.1, -0.05) is 12.8 Å². The Morgan fingerprint density at radius 2 is 1.89 bits per heavy atom. The molecule has 1 aliphatic heterocycles. The average Bonchev–Trinajstić information content (AvgIpc) is 2.88. The van der Waals surface area contributed by atoms with E-state index in [4.69, 9.17) is 0 Å². The van der Waals surface area contributed by atoms with Gasteiger partial charge in [-0.25, -0.2) is 0 Å². The third-order valence-electron chi connectivity index (χ3n) is 4.81.